The lowest BCUT2D eigenvalue weighted by atomic mass is 10.3. The van der Waals surface area contributed by atoms with Gasteiger partial charge in [0.1, 0.15) is 15.7 Å². The minimum absolute atomic E-state index is 0.181. The number of aromatic nitrogens is 2. The van der Waals surface area contributed by atoms with Crippen LogP contribution in [0.5, 0.6) is 0 Å². The molecule has 1 rings (SSSR count). The summed E-state index contributed by atoms with van der Waals surface area (Å²) < 4.78 is 23.9. The third-order valence-corrected chi connectivity index (χ3v) is 3.62. The fraction of sp³-hybridized carbons (Fsp3) is 0.727. The van der Waals surface area contributed by atoms with Gasteiger partial charge in [-0.1, -0.05) is 6.92 Å². The molecule has 6 nitrogen and oxygen atoms in total. The van der Waals surface area contributed by atoms with Gasteiger partial charge in [0.2, 0.25) is 0 Å². The van der Waals surface area contributed by atoms with Crippen LogP contribution in [-0.4, -0.2) is 36.8 Å². The van der Waals surface area contributed by atoms with Gasteiger partial charge in [-0.05, 0) is 19.8 Å². The number of nitrogens with one attached hydrogen (secondary N) is 1. The zero-order valence-corrected chi connectivity index (χ0v) is 12.0. The van der Waals surface area contributed by atoms with Crippen molar-refractivity contribution in [2.75, 3.05) is 29.6 Å². The highest BCUT2D eigenvalue weighted by atomic mass is 32.2. The molecule has 0 radical (unpaired) electrons. The third kappa shape index (κ3) is 4.21. The van der Waals surface area contributed by atoms with Crippen LogP contribution in [0.25, 0.3) is 0 Å². The molecule has 0 fully saturated rings. The lowest BCUT2D eigenvalue weighted by Crippen LogP contribution is -2.13. The SMILES string of the molecule is CCCn1nc(C)c(N)c1NCCCS(C)(=O)=O. The first-order valence-corrected chi connectivity index (χ1v) is 8.15. The van der Waals surface area contributed by atoms with Gasteiger partial charge in [-0.25, -0.2) is 13.1 Å². The van der Waals surface area contributed by atoms with E-state index in [1.54, 1.807) is 0 Å². The molecule has 0 saturated heterocycles. The molecule has 0 bridgehead atoms. The lowest BCUT2D eigenvalue weighted by Gasteiger charge is -2.09. The second-order valence-corrected chi connectivity index (χ2v) is 6.74. The van der Waals surface area contributed by atoms with E-state index in [9.17, 15) is 8.42 Å². The van der Waals surface area contributed by atoms with Crippen LogP contribution in [-0.2, 0) is 16.4 Å². The van der Waals surface area contributed by atoms with Gasteiger partial charge >= 0.3 is 0 Å². The number of nitrogens with zero attached hydrogens (tertiary/aromatic N) is 2. The largest absolute Gasteiger partial charge is 0.394 e. The van der Waals surface area contributed by atoms with Gasteiger partial charge in [0.15, 0.2) is 0 Å². The quantitative estimate of drug-likeness (QED) is 0.725. The van der Waals surface area contributed by atoms with Crippen molar-refractivity contribution in [2.45, 2.75) is 33.2 Å². The fourth-order valence-electron chi connectivity index (χ4n) is 1.70. The van der Waals surface area contributed by atoms with Crippen molar-refractivity contribution < 1.29 is 8.42 Å². The molecule has 0 aliphatic carbocycles. The van der Waals surface area contributed by atoms with E-state index in [2.05, 4.69) is 17.3 Å². The molecule has 104 valence electrons. The maximum absolute atomic E-state index is 11.0. The summed E-state index contributed by atoms with van der Waals surface area (Å²) in [6.45, 7) is 5.31. The molecule has 1 aromatic rings. The van der Waals surface area contributed by atoms with E-state index >= 15 is 0 Å². The molecule has 3 N–H and O–H groups in total. The van der Waals surface area contributed by atoms with E-state index in [-0.39, 0.29) is 5.75 Å². The summed E-state index contributed by atoms with van der Waals surface area (Å²) >= 11 is 0. The minimum Gasteiger partial charge on any atom is -0.394 e. The molecule has 0 unspecified atom stereocenters. The smallest absolute Gasteiger partial charge is 0.148 e. The van der Waals surface area contributed by atoms with Crippen LogP contribution >= 0.6 is 0 Å². The predicted octanol–water partition coefficient (Wildman–Crippen LogP) is 1.03. The molecule has 18 heavy (non-hydrogen) atoms. The second-order valence-electron chi connectivity index (χ2n) is 4.48. The van der Waals surface area contributed by atoms with Crippen molar-refractivity contribution in [1.29, 1.82) is 0 Å². The average Bonchev–Trinajstić information content (AvgIpc) is 2.50. The maximum Gasteiger partial charge on any atom is 0.148 e. The van der Waals surface area contributed by atoms with Gasteiger partial charge in [-0.2, -0.15) is 5.10 Å². The molecule has 1 aromatic heterocycles. The normalized spacial score (nSPS) is 11.7. The lowest BCUT2D eigenvalue weighted by molar-refractivity contribution is 0.597. The van der Waals surface area contributed by atoms with Crippen molar-refractivity contribution in [2.24, 2.45) is 0 Å². The van der Waals surface area contributed by atoms with E-state index in [1.165, 1.54) is 6.26 Å². The monoisotopic (exact) mass is 274 g/mol. The Kier molecular flexibility index (Phi) is 5.01. The van der Waals surface area contributed by atoms with Gasteiger partial charge in [-0.3, -0.25) is 0 Å². The molecule has 7 heteroatoms. The Hall–Kier alpha value is -1.24. The summed E-state index contributed by atoms with van der Waals surface area (Å²) in [5, 5.41) is 7.51. The highest BCUT2D eigenvalue weighted by molar-refractivity contribution is 7.90. The number of nitrogens with two attached hydrogens (primary N) is 1. The van der Waals surface area contributed by atoms with Gasteiger partial charge in [0, 0.05) is 19.3 Å². The first-order chi connectivity index (χ1) is 8.35. The summed E-state index contributed by atoms with van der Waals surface area (Å²) in [5.74, 6) is 0.976. The summed E-state index contributed by atoms with van der Waals surface area (Å²) in [6.07, 6.45) is 2.78. The van der Waals surface area contributed by atoms with Crippen molar-refractivity contribution in [1.82, 2.24) is 9.78 Å². The zero-order chi connectivity index (χ0) is 13.8. The van der Waals surface area contributed by atoms with E-state index in [1.807, 2.05) is 11.6 Å². The van der Waals surface area contributed by atoms with Crippen molar-refractivity contribution >= 4 is 21.3 Å². The molecule has 0 aliphatic heterocycles. The molecule has 0 saturated carbocycles. The first-order valence-electron chi connectivity index (χ1n) is 6.09. The number of nitrogen functional groups attached to an aromatic ring is 1. The van der Waals surface area contributed by atoms with Gasteiger partial charge < -0.3 is 11.1 Å². The van der Waals surface area contributed by atoms with Crippen LogP contribution in [0.15, 0.2) is 0 Å². The van der Waals surface area contributed by atoms with Gasteiger partial charge in [0.05, 0.1) is 17.1 Å². The molecule has 0 aliphatic rings. The van der Waals surface area contributed by atoms with Crippen LogP contribution in [0.3, 0.4) is 0 Å². The standard InChI is InChI=1S/C11H22N4O2S/c1-4-7-15-11(10(12)9(2)14-15)13-6-5-8-18(3,16)17/h13H,4-8,12H2,1-3H3. The first kappa shape index (κ1) is 14.8. The zero-order valence-electron chi connectivity index (χ0n) is 11.2. The molecular formula is C11H22N4O2S. The van der Waals surface area contributed by atoms with E-state index in [0.29, 0.717) is 18.7 Å². The number of rotatable bonds is 7. The Morgan fingerprint density at radius 2 is 2.11 bits per heavy atom. The second kappa shape index (κ2) is 6.08. The van der Waals surface area contributed by atoms with Crippen molar-refractivity contribution in [3.63, 3.8) is 0 Å². The summed E-state index contributed by atoms with van der Waals surface area (Å²) in [4.78, 5) is 0. The van der Waals surface area contributed by atoms with E-state index < -0.39 is 9.84 Å². The Balaban J connectivity index is 2.61. The third-order valence-electron chi connectivity index (χ3n) is 2.59. The van der Waals surface area contributed by atoms with E-state index in [0.717, 1.165) is 24.5 Å². The number of sulfone groups is 1. The Morgan fingerprint density at radius 1 is 1.44 bits per heavy atom. The minimum atomic E-state index is -2.90. The van der Waals surface area contributed by atoms with Crippen molar-refractivity contribution in [3.05, 3.63) is 5.69 Å². The molecule has 0 aromatic carbocycles. The topological polar surface area (TPSA) is 90.0 Å². The Morgan fingerprint density at radius 3 is 2.67 bits per heavy atom. The molecule has 0 spiro atoms. The van der Waals surface area contributed by atoms with Crippen molar-refractivity contribution in [3.8, 4) is 0 Å². The number of hydrogen-bond donors (Lipinski definition) is 2. The molecular weight excluding hydrogens is 252 g/mol. The number of hydrogen-bond acceptors (Lipinski definition) is 5. The van der Waals surface area contributed by atoms with Gasteiger partial charge in [0.25, 0.3) is 0 Å². The fourth-order valence-corrected chi connectivity index (χ4v) is 2.37. The van der Waals surface area contributed by atoms with Crippen LogP contribution in [0.2, 0.25) is 0 Å². The van der Waals surface area contributed by atoms with Crippen LogP contribution in [0, 0.1) is 6.92 Å². The molecule has 0 amide bonds. The van der Waals surface area contributed by atoms with Crippen LogP contribution in [0.4, 0.5) is 11.5 Å². The predicted molar refractivity (Wildman–Crippen MR) is 74.5 cm³/mol. The average molecular weight is 274 g/mol. The highest BCUT2D eigenvalue weighted by Gasteiger charge is 2.11. The Labute approximate surface area is 108 Å². The summed E-state index contributed by atoms with van der Waals surface area (Å²) in [7, 11) is -2.90. The number of anilines is 2. The molecule has 1 heterocycles. The number of aryl methyl sites for hydroxylation is 2. The van der Waals surface area contributed by atoms with Crippen LogP contribution < -0.4 is 11.1 Å². The maximum atomic E-state index is 11.0. The molecule has 0 atom stereocenters. The highest BCUT2D eigenvalue weighted by Crippen LogP contribution is 2.22. The Bertz CT molecular complexity index is 493. The summed E-state index contributed by atoms with van der Waals surface area (Å²) in [6, 6.07) is 0. The summed E-state index contributed by atoms with van der Waals surface area (Å²) in [5.41, 5.74) is 7.38. The van der Waals surface area contributed by atoms with Gasteiger partial charge in [-0.15, -0.1) is 0 Å². The van der Waals surface area contributed by atoms with Crippen LogP contribution in [0.1, 0.15) is 25.5 Å². The van der Waals surface area contributed by atoms with E-state index in [4.69, 9.17) is 5.73 Å².